The lowest BCUT2D eigenvalue weighted by Gasteiger charge is -2.18. The van der Waals surface area contributed by atoms with E-state index in [0.717, 1.165) is 16.9 Å². The minimum atomic E-state index is -2.85. The predicted molar refractivity (Wildman–Crippen MR) is 89.8 cm³/mol. The number of methoxy groups -OCH3 is 1. The zero-order chi connectivity index (χ0) is 18.2. The van der Waals surface area contributed by atoms with E-state index in [-0.39, 0.29) is 11.8 Å². The molecule has 134 valence electrons. The molecule has 0 heterocycles. The fourth-order valence-corrected chi connectivity index (χ4v) is 2.22. The van der Waals surface area contributed by atoms with Crippen LogP contribution in [0.1, 0.15) is 11.1 Å². The van der Waals surface area contributed by atoms with Crippen LogP contribution in [-0.4, -0.2) is 31.7 Å². The minimum Gasteiger partial charge on any atom is -0.497 e. The van der Waals surface area contributed by atoms with Crippen LogP contribution in [0.5, 0.6) is 11.5 Å². The molecule has 25 heavy (non-hydrogen) atoms. The lowest BCUT2D eigenvalue weighted by Crippen LogP contribution is -2.36. The normalized spacial score (nSPS) is 10.4. The van der Waals surface area contributed by atoms with Gasteiger partial charge in [0.2, 0.25) is 0 Å². The van der Waals surface area contributed by atoms with Crippen LogP contribution in [0.3, 0.4) is 0 Å². The number of carbonyl (C=O) groups is 1. The molecule has 5 nitrogen and oxygen atoms in total. The van der Waals surface area contributed by atoms with Crippen LogP contribution in [0.2, 0.25) is 0 Å². The SMILES string of the molecule is COc1cccc(CNC(=O)N(C)Cc2ccc(OC(F)F)cc2)c1. The highest BCUT2D eigenvalue weighted by atomic mass is 19.3. The van der Waals surface area contributed by atoms with Gasteiger partial charge in [0.1, 0.15) is 11.5 Å². The predicted octanol–water partition coefficient (Wildman–Crippen LogP) is 3.64. The molecule has 2 aromatic carbocycles. The molecule has 0 bridgehead atoms. The number of halogens is 2. The zero-order valence-electron chi connectivity index (χ0n) is 14.0. The van der Waals surface area contributed by atoms with Crippen LogP contribution in [0.4, 0.5) is 13.6 Å². The Bertz CT molecular complexity index is 693. The first kappa shape index (κ1) is 18.5. The van der Waals surface area contributed by atoms with Gasteiger partial charge in [-0.25, -0.2) is 4.79 Å². The standard InChI is InChI=1S/C18H20F2N2O3/c1-22(12-13-6-8-15(9-7-13)25-17(19)20)18(23)21-11-14-4-3-5-16(10-14)24-2/h3-10,17H,11-12H2,1-2H3,(H,21,23). The first-order valence-electron chi connectivity index (χ1n) is 7.63. The second-order valence-electron chi connectivity index (χ2n) is 5.39. The molecule has 0 aliphatic heterocycles. The molecule has 2 amide bonds. The van der Waals surface area contributed by atoms with Gasteiger partial charge in [0.25, 0.3) is 0 Å². The lowest BCUT2D eigenvalue weighted by molar-refractivity contribution is -0.0498. The van der Waals surface area contributed by atoms with Crippen molar-refractivity contribution in [2.24, 2.45) is 0 Å². The molecule has 0 spiro atoms. The number of amides is 2. The van der Waals surface area contributed by atoms with Gasteiger partial charge in [-0.1, -0.05) is 24.3 Å². The third-order valence-electron chi connectivity index (χ3n) is 3.49. The third kappa shape index (κ3) is 5.95. The summed E-state index contributed by atoms with van der Waals surface area (Å²) in [5, 5.41) is 2.82. The first-order valence-corrected chi connectivity index (χ1v) is 7.63. The van der Waals surface area contributed by atoms with E-state index in [1.54, 1.807) is 26.3 Å². The average molecular weight is 350 g/mol. The van der Waals surface area contributed by atoms with Gasteiger partial charge in [-0.3, -0.25) is 0 Å². The summed E-state index contributed by atoms with van der Waals surface area (Å²) < 4.78 is 33.7. The number of benzene rings is 2. The van der Waals surface area contributed by atoms with Gasteiger partial charge in [-0.05, 0) is 35.4 Å². The second kappa shape index (κ2) is 8.86. The van der Waals surface area contributed by atoms with E-state index in [1.165, 1.54) is 17.0 Å². The molecule has 0 aliphatic carbocycles. The summed E-state index contributed by atoms with van der Waals surface area (Å²) in [5.74, 6) is 0.815. The van der Waals surface area contributed by atoms with Gasteiger partial charge in [-0.15, -0.1) is 0 Å². The van der Waals surface area contributed by atoms with Crippen LogP contribution >= 0.6 is 0 Å². The molecule has 0 radical (unpaired) electrons. The van der Waals surface area contributed by atoms with Crippen molar-refractivity contribution in [3.8, 4) is 11.5 Å². The molecule has 0 unspecified atom stereocenters. The number of hydrogen-bond acceptors (Lipinski definition) is 3. The Balaban J connectivity index is 1.85. The van der Waals surface area contributed by atoms with Crippen LogP contribution < -0.4 is 14.8 Å². The van der Waals surface area contributed by atoms with Crippen LogP contribution in [-0.2, 0) is 13.1 Å². The quantitative estimate of drug-likeness (QED) is 0.829. The van der Waals surface area contributed by atoms with Crippen molar-refractivity contribution in [3.63, 3.8) is 0 Å². The maximum atomic E-state index is 12.1. The summed E-state index contributed by atoms with van der Waals surface area (Å²) in [7, 11) is 3.24. The summed E-state index contributed by atoms with van der Waals surface area (Å²) in [6.07, 6.45) is 0. The Hall–Kier alpha value is -2.83. The molecule has 0 atom stereocenters. The highest BCUT2D eigenvalue weighted by Crippen LogP contribution is 2.16. The summed E-state index contributed by atoms with van der Waals surface area (Å²) in [4.78, 5) is 13.7. The Labute approximate surface area is 145 Å². The van der Waals surface area contributed by atoms with Gasteiger partial charge in [0.05, 0.1) is 7.11 Å². The Morgan fingerprint density at radius 1 is 1.12 bits per heavy atom. The van der Waals surface area contributed by atoms with Gasteiger partial charge < -0.3 is 19.7 Å². The molecule has 2 aromatic rings. The number of hydrogen-bond donors (Lipinski definition) is 1. The van der Waals surface area contributed by atoms with Crippen LogP contribution in [0.15, 0.2) is 48.5 Å². The fraction of sp³-hybridized carbons (Fsp3) is 0.278. The number of alkyl halides is 2. The van der Waals surface area contributed by atoms with E-state index < -0.39 is 6.61 Å². The number of urea groups is 1. The number of carbonyl (C=O) groups excluding carboxylic acids is 1. The summed E-state index contributed by atoms with van der Waals surface area (Å²) in [6.45, 7) is -2.13. The van der Waals surface area contributed by atoms with Crippen molar-refractivity contribution >= 4 is 6.03 Å². The first-order chi connectivity index (χ1) is 12.0. The molecule has 0 aromatic heterocycles. The van der Waals surface area contributed by atoms with Crippen molar-refractivity contribution in [1.82, 2.24) is 10.2 Å². The smallest absolute Gasteiger partial charge is 0.387 e. The maximum Gasteiger partial charge on any atom is 0.387 e. The van der Waals surface area contributed by atoms with E-state index in [2.05, 4.69) is 10.1 Å². The van der Waals surface area contributed by atoms with Crippen molar-refractivity contribution < 1.29 is 23.0 Å². The molecule has 0 saturated heterocycles. The molecular weight excluding hydrogens is 330 g/mol. The van der Waals surface area contributed by atoms with E-state index in [1.807, 2.05) is 24.3 Å². The third-order valence-corrected chi connectivity index (χ3v) is 3.49. The Morgan fingerprint density at radius 2 is 1.84 bits per heavy atom. The van der Waals surface area contributed by atoms with Gasteiger partial charge in [-0.2, -0.15) is 8.78 Å². The van der Waals surface area contributed by atoms with Crippen molar-refractivity contribution in [3.05, 3.63) is 59.7 Å². The molecule has 0 fully saturated rings. The van der Waals surface area contributed by atoms with Gasteiger partial charge in [0.15, 0.2) is 0 Å². The highest BCUT2D eigenvalue weighted by molar-refractivity contribution is 5.73. The van der Waals surface area contributed by atoms with Crippen molar-refractivity contribution in [1.29, 1.82) is 0 Å². The van der Waals surface area contributed by atoms with Crippen LogP contribution in [0.25, 0.3) is 0 Å². The molecular formula is C18H20F2N2O3. The van der Waals surface area contributed by atoms with E-state index in [4.69, 9.17) is 4.74 Å². The topological polar surface area (TPSA) is 50.8 Å². The Morgan fingerprint density at radius 3 is 2.48 bits per heavy atom. The number of rotatable bonds is 7. The van der Waals surface area contributed by atoms with Gasteiger partial charge in [0, 0.05) is 20.1 Å². The van der Waals surface area contributed by atoms with Crippen molar-refractivity contribution in [2.45, 2.75) is 19.7 Å². The number of nitrogens with zero attached hydrogens (tertiary/aromatic N) is 1. The van der Waals surface area contributed by atoms with Crippen LogP contribution in [0, 0.1) is 0 Å². The summed E-state index contributed by atoms with van der Waals surface area (Å²) in [5.41, 5.74) is 1.73. The van der Waals surface area contributed by atoms with E-state index >= 15 is 0 Å². The molecule has 0 saturated carbocycles. The number of ether oxygens (including phenoxy) is 2. The average Bonchev–Trinajstić information content (AvgIpc) is 2.61. The second-order valence-corrected chi connectivity index (χ2v) is 5.39. The highest BCUT2D eigenvalue weighted by Gasteiger charge is 2.10. The molecule has 2 rings (SSSR count). The largest absolute Gasteiger partial charge is 0.497 e. The molecule has 7 heteroatoms. The monoisotopic (exact) mass is 350 g/mol. The maximum absolute atomic E-state index is 12.1. The van der Waals surface area contributed by atoms with E-state index in [9.17, 15) is 13.6 Å². The van der Waals surface area contributed by atoms with Gasteiger partial charge >= 0.3 is 12.6 Å². The Kier molecular flexibility index (Phi) is 6.56. The zero-order valence-corrected chi connectivity index (χ0v) is 14.0. The lowest BCUT2D eigenvalue weighted by atomic mass is 10.2. The summed E-state index contributed by atoms with van der Waals surface area (Å²) >= 11 is 0. The fourth-order valence-electron chi connectivity index (χ4n) is 2.22. The van der Waals surface area contributed by atoms with Crippen molar-refractivity contribution in [2.75, 3.05) is 14.2 Å². The minimum absolute atomic E-state index is 0.0869. The number of nitrogens with one attached hydrogen (secondary N) is 1. The van der Waals surface area contributed by atoms with E-state index in [0.29, 0.717) is 13.1 Å². The molecule has 0 aliphatic rings. The summed E-state index contributed by atoms with van der Waals surface area (Å²) in [6, 6.07) is 13.4. The molecule has 1 N–H and O–H groups in total.